The molecule has 0 heterocycles. The van der Waals surface area contributed by atoms with Crippen LogP contribution in [0.1, 0.15) is 29.3 Å². The van der Waals surface area contributed by atoms with Gasteiger partial charge < -0.3 is 10.4 Å². The number of carboxylic acids is 1. The third-order valence-electron chi connectivity index (χ3n) is 2.63. The first kappa shape index (κ1) is 16.2. The van der Waals surface area contributed by atoms with Crippen molar-refractivity contribution in [3.05, 3.63) is 35.4 Å². The second kappa shape index (κ2) is 6.51. The Morgan fingerprint density at radius 1 is 1.35 bits per heavy atom. The van der Waals surface area contributed by atoms with Gasteiger partial charge in [-0.15, -0.1) is 0 Å². The fraction of sp³-hybridized carbons (Fsp3) is 0.385. The van der Waals surface area contributed by atoms with Crippen molar-refractivity contribution in [2.75, 3.05) is 6.26 Å². The van der Waals surface area contributed by atoms with Crippen LogP contribution in [0.2, 0.25) is 0 Å². The van der Waals surface area contributed by atoms with Gasteiger partial charge in [-0.25, -0.2) is 13.2 Å². The van der Waals surface area contributed by atoms with Crippen LogP contribution in [0.15, 0.2) is 24.3 Å². The molecule has 110 valence electrons. The third kappa shape index (κ3) is 5.00. The van der Waals surface area contributed by atoms with Crippen molar-refractivity contribution in [3.63, 3.8) is 0 Å². The second-order valence-electron chi connectivity index (χ2n) is 4.54. The fourth-order valence-corrected chi connectivity index (χ4v) is 2.47. The molecule has 0 aliphatic heterocycles. The zero-order valence-electron chi connectivity index (χ0n) is 11.3. The number of hydrogen-bond donors (Lipinski definition) is 2. The molecule has 0 spiro atoms. The molecule has 0 bridgehead atoms. The minimum atomic E-state index is -3.19. The summed E-state index contributed by atoms with van der Waals surface area (Å²) in [6.45, 7) is 1.65. The minimum Gasteiger partial charge on any atom is -0.480 e. The molecule has 0 saturated heterocycles. The van der Waals surface area contributed by atoms with Gasteiger partial charge in [0.2, 0.25) is 0 Å². The molecule has 6 nitrogen and oxygen atoms in total. The van der Waals surface area contributed by atoms with Gasteiger partial charge in [0.25, 0.3) is 5.91 Å². The smallest absolute Gasteiger partial charge is 0.326 e. The summed E-state index contributed by atoms with van der Waals surface area (Å²) < 4.78 is 22.4. The molecule has 1 amide bonds. The molecule has 1 atom stereocenters. The Morgan fingerprint density at radius 2 is 2.00 bits per heavy atom. The van der Waals surface area contributed by atoms with Gasteiger partial charge in [-0.1, -0.05) is 19.1 Å². The highest BCUT2D eigenvalue weighted by molar-refractivity contribution is 7.89. The number of sulfone groups is 1. The molecule has 2 N–H and O–H groups in total. The zero-order chi connectivity index (χ0) is 15.3. The SMILES string of the molecule is CCC(NC(=O)c1cccc(CS(C)(=O)=O)c1)C(=O)O. The predicted molar refractivity (Wildman–Crippen MR) is 74.2 cm³/mol. The van der Waals surface area contributed by atoms with Crippen molar-refractivity contribution in [3.8, 4) is 0 Å². The lowest BCUT2D eigenvalue weighted by molar-refractivity contribution is -0.139. The van der Waals surface area contributed by atoms with E-state index in [1.165, 1.54) is 12.1 Å². The normalized spacial score (nSPS) is 12.7. The van der Waals surface area contributed by atoms with E-state index in [9.17, 15) is 18.0 Å². The molecule has 1 aromatic carbocycles. The highest BCUT2D eigenvalue weighted by atomic mass is 32.2. The number of nitrogens with one attached hydrogen (secondary N) is 1. The Morgan fingerprint density at radius 3 is 2.50 bits per heavy atom. The molecular formula is C13H17NO5S. The lowest BCUT2D eigenvalue weighted by Gasteiger charge is -2.12. The maximum absolute atomic E-state index is 11.9. The zero-order valence-corrected chi connectivity index (χ0v) is 12.1. The molecule has 0 radical (unpaired) electrons. The Bertz CT molecular complexity index is 609. The van der Waals surface area contributed by atoms with E-state index in [-0.39, 0.29) is 17.7 Å². The number of rotatable bonds is 6. The Hall–Kier alpha value is -1.89. The standard InChI is InChI=1S/C13H17NO5S/c1-3-11(13(16)17)14-12(15)10-6-4-5-9(7-10)8-20(2,18)19/h4-7,11H,3,8H2,1-2H3,(H,14,15)(H,16,17). The summed E-state index contributed by atoms with van der Waals surface area (Å²) in [5, 5.41) is 11.3. The van der Waals surface area contributed by atoms with Crippen molar-refractivity contribution in [2.45, 2.75) is 25.1 Å². The maximum Gasteiger partial charge on any atom is 0.326 e. The van der Waals surface area contributed by atoms with Crippen LogP contribution in [0.5, 0.6) is 0 Å². The second-order valence-corrected chi connectivity index (χ2v) is 6.68. The molecule has 1 aromatic rings. The van der Waals surface area contributed by atoms with Gasteiger partial charge in [-0.3, -0.25) is 4.79 Å². The van der Waals surface area contributed by atoms with E-state index < -0.39 is 27.8 Å². The molecule has 0 saturated carbocycles. The van der Waals surface area contributed by atoms with Crippen molar-refractivity contribution >= 4 is 21.7 Å². The van der Waals surface area contributed by atoms with Gasteiger partial charge in [-0.05, 0) is 24.1 Å². The summed E-state index contributed by atoms with van der Waals surface area (Å²) in [6.07, 6.45) is 1.38. The summed E-state index contributed by atoms with van der Waals surface area (Å²) in [5.74, 6) is -1.80. The number of hydrogen-bond acceptors (Lipinski definition) is 4. The summed E-state index contributed by atoms with van der Waals surface area (Å²) in [4.78, 5) is 22.8. The van der Waals surface area contributed by atoms with Crippen molar-refractivity contribution in [2.24, 2.45) is 0 Å². The summed E-state index contributed by atoms with van der Waals surface area (Å²) in [6, 6.07) is 5.17. The van der Waals surface area contributed by atoms with Crippen LogP contribution in [0, 0.1) is 0 Å². The van der Waals surface area contributed by atoms with Crippen molar-refractivity contribution < 1.29 is 23.1 Å². The largest absolute Gasteiger partial charge is 0.480 e. The number of carboxylic acid groups (broad SMARTS) is 1. The van der Waals surface area contributed by atoms with Crippen LogP contribution in [0.25, 0.3) is 0 Å². The number of benzene rings is 1. The fourth-order valence-electron chi connectivity index (χ4n) is 1.69. The van der Waals surface area contributed by atoms with E-state index in [1.54, 1.807) is 19.1 Å². The van der Waals surface area contributed by atoms with Gasteiger partial charge in [-0.2, -0.15) is 0 Å². The van der Waals surface area contributed by atoms with E-state index in [1.807, 2.05) is 0 Å². The van der Waals surface area contributed by atoms with E-state index in [0.29, 0.717) is 5.56 Å². The highest BCUT2D eigenvalue weighted by Crippen LogP contribution is 2.09. The van der Waals surface area contributed by atoms with Gasteiger partial charge in [0, 0.05) is 11.8 Å². The number of aliphatic carboxylic acids is 1. The Kier molecular flexibility index (Phi) is 5.26. The van der Waals surface area contributed by atoms with E-state index in [0.717, 1.165) is 6.26 Å². The summed E-state index contributed by atoms with van der Waals surface area (Å²) >= 11 is 0. The topological polar surface area (TPSA) is 101 Å². The third-order valence-corrected chi connectivity index (χ3v) is 3.49. The van der Waals surface area contributed by atoms with Crippen LogP contribution in [-0.2, 0) is 20.4 Å². The quantitative estimate of drug-likeness (QED) is 0.810. The molecule has 20 heavy (non-hydrogen) atoms. The monoisotopic (exact) mass is 299 g/mol. The number of carbonyl (C=O) groups is 2. The van der Waals surface area contributed by atoms with E-state index in [2.05, 4.69) is 5.32 Å². The van der Waals surface area contributed by atoms with Gasteiger partial charge in [0.1, 0.15) is 6.04 Å². The highest BCUT2D eigenvalue weighted by Gasteiger charge is 2.18. The molecule has 0 aliphatic rings. The summed E-state index contributed by atoms with van der Waals surface area (Å²) in [5.41, 5.74) is 0.731. The van der Waals surface area contributed by atoms with Crippen molar-refractivity contribution in [1.82, 2.24) is 5.32 Å². The molecule has 1 rings (SSSR count). The summed E-state index contributed by atoms with van der Waals surface area (Å²) in [7, 11) is -3.19. The molecule has 0 aromatic heterocycles. The maximum atomic E-state index is 11.9. The first-order valence-electron chi connectivity index (χ1n) is 6.03. The lowest BCUT2D eigenvalue weighted by atomic mass is 10.1. The van der Waals surface area contributed by atoms with Gasteiger partial charge in [0.15, 0.2) is 9.84 Å². The molecule has 1 unspecified atom stereocenters. The Balaban J connectivity index is 2.89. The number of carbonyl (C=O) groups excluding carboxylic acids is 1. The lowest BCUT2D eigenvalue weighted by Crippen LogP contribution is -2.40. The van der Waals surface area contributed by atoms with Crippen LogP contribution in [0.4, 0.5) is 0 Å². The number of amides is 1. The van der Waals surface area contributed by atoms with Crippen LogP contribution < -0.4 is 5.32 Å². The first-order valence-corrected chi connectivity index (χ1v) is 8.09. The van der Waals surface area contributed by atoms with Gasteiger partial charge >= 0.3 is 5.97 Å². The molecule has 7 heteroatoms. The predicted octanol–water partition coefficient (Wildman–Crippen LogP) is 0.824. The average molecular weight is 299 g/mol. The van der Waals surface area contributed by atoms with Crippen LogP contribution in [0.3, 0.4) is 0 Å². The van der Waals surface area contributed by atoms with E-state index in [4.69, 9.17) is 5.11 Å². The average Bonchev–Trinajstić information content (AvgIpc) is 2.33. The molecule has 0 aliphatic carbocycles. The van der Waals surface area contributed by atoms with Crippen LogP contribution in [-0.4, -0.2) is 37.7 Å². The Labute approximate surface area is 117 Å². The van der Waals surface area contributed by atoms with E-state index >= 15 is 0 Å². The molecule has 0 fully saturated rings. The minimum absolute atomic E-state index is 0.162. The van der Waals surface area contributed by atoms with Crippen LogP contribution >= 0.6 is 0 Å². The first-order chi connectivity index (χ1) is 9.23. The van der Waals surface area contributed by atoms with Gasteiger partial charge in [0.05, 0.1) is 5.75 Å². The molecular weight excluding hydrogens is 282 g/mol. The van der Waals surface area contributed by atoms with Crippen molar-refractivity contribution in [1.29, 1.82) is 0 Å².